The van der Waals surface area contributed by atoms with E-state index >= 15 is 0 Å². The Morgan fingerprint density at radius 2 is 1.77 bits per heavy atom. The Labute approximate surface area is 129 Å². The van der Waals surface area contributed by atoms with Crippen LogP contribution in [0.25, 0.3) is 0 Å². The van der Waals surface area contributed by atoms with Crippen molar-refractivity contribution in [3.8, 4) is 0 Å². The third kappa shape index (κ3) is 3.49. The highest BCUT2D eigenvalue weighted by Crippen LogP contribution is 2.22. The number of nitrogens with one attached hydrogen (secondary N) is 1. The van der Waals surface area contributed by atoms with Crippen LogP contribution in [-0.4, -0.2) is 17.4 Å². The van der Waals surface area contributed by atoms with E-state index in [-0.39, 0.29) is 11.3 Å². The van der Waals surface area contributed by atoms with Gasteiger partial charge in [0.15, 0.2) is 0 Å². The maximum atomic E-state index is 12.2. The summed E-state index contributed by atoms with van der Waals surface area (Å²) in [6.07, 6.45) is 0.692. The van der Waals surface area contributed by atoms with Gasteiger partial charge in [-0.05, 0) is 37.5 Å². The zero-order valence-corrected chi connectivity index (χ0v) is 12.6. The molecule has 0 unspecified atom stereocenters. The van der Waals surface area contributed by atoms with Gasteiger partial charge in [0.25, 0.3) is 11.6 Å². The molecular formula is C17H18N2O3. The maximum Gasteiger partial charge on any atom is 0.285 e. The normalized spacial score (nSPS) is 10.3. The molecule has 0 saturated carbocycles. The summed E-state index contributed by atoms with van der Waals surface area (Å²) in [5.41, 5.74) is 2.78. The Hall–Kier alpha value is -2.69. The molecule has 2 rings (SSSR count). The zero-order valence-electron chi connectivity index (χ0n) is 12.6. The third-order valence-electron chi connectivity index (χ3n) is 3.61. The van der Waals surface area contributed by atoms with Crippen molar-refractivity contribution in [1.29, 1.82) is 0 Å². The molecule has 1 amide bonds. The fourth-order valence-corrected chi connectivity index (χ4v) is 2.38. The average molecular weight is 298 g/mol. The summed E-state index contributed by atoms with van der Waals surface area (Å²) < 4.78 is 0. The highest BCUT2D eigenvalue weighted by Gasteiger charge is 2.21. The summed E-state index contributed by atoms with van der Waals surface area (Å²) in [6, 6.07) is 12.7. The van der Waals surface area contributed by atoms with Gasteiger partial charge in [-0.2, -0.15) is 0 Å². The summed E-state index contributed by atoms with van der Waals surface area (Å²) >= 11 is 0. The fraction of sp³-hybridized carbons (Fsp3) is 0.235. The number of benzene rings is 2. The van der Waals surface area contributed by atoms with Gasteiger partial charge in [0.2, 0.25) is 0 Å². The van der Waals surface area contributed by atoms with Gasteiger partial charge in [-0.3, -0.25) is 14.9 Å². The molecule has 0 heterocycles. The number of nitro groups is 1. The highest BCUT2D eigenvalue weighted by atomic mass is 16.6. The van der Waals surface area contributed by atoms with Crippen LogP contribution in [0.1, 0.15) is 27.0 Å². The molecule has 0 fully saturated rings. The number of carbonyl (C=O) groups is 1. The number of hydrogen-bond donors (Lipinski definition) is 1. The van der Waals surface area contributed by atoms with Gasteiger partial charge in [-0.1, -0.05) is 36.4 Å². The van der Waals surface area contributed by atoms with Gasteiger partial charge in [0.1, 0.15) is 5.56 Å². The highest BCUT2D eigenvalue weighted by molar-refractivity contribution is 5.98. The summed E-state index contributed by atoms with van der Waals surface area (Å²) in [7, 11) is 0. The van der Waals surface area contributed by atoms with Gasteiger partial charge in [-0.15, -0.1) is 0 Å². The topological polar surface area (TPSA) is 72.2 Å². The molecule has 0 aromatic heterocycles. The SMILES string of the molecule is Cc1ccccc1CCNC(=O)c1cccc(C)c1[N+](=O)[O-]. The second-order valence-electron chi connectivity index (χ2n) is 5.16. The lowest BCUT2D eigenvalue weighted by Crippen LogP contribution is -2.26. The van der Waals surface area contributed by atoms with Gasteiger partial charge in [0, 0.05) is 12.1 Å². The number of hydrogen-bond acceptors (Lipinski definition) is 3. The van der Waals surface area contributed by atoms with Gasteiger partial charge in [-0.25, -0.2) is 0 Å². The van der Waals surface area contributed by atoms with Gasteiger partial charge in [0.05, 0.1) is 4.92 Å². The van der Waals surface area contributed by atoms with E-state index in [0.717, 1.165) is 5.56 Å². The third-order valence-corrected chi connectivity index (χ3v) is 3.61. The minimum Gasteiger partial charge on any atom is -0.351 e. The predicted molar refractivity (Wildman–Crippen MR) is 85.0 cm³/mol. The molecule has 1 N–H and O–H groups in total. The first-order valence-electron chi connectivity index (χ1n) is 7.07. The van der Waals surface area contributed by atoms with Crippen LogP contribution in [-0.2, 0) is 6.42 Å². The Morgan fingerprint density at radius 1 is 1.09 bits per heavy atom. The molecule has 0 atom stereocenters. The molecule has 0 saturated heterocycles. The lowest BCUT2D eigenvalue weighted by atomic mass is 10.1. The minimum atomic E-state index is -0.508. The molecule has 0 aliphatic carbocycles. The number of amides is 1. The van der Waals surface area contributed by atoms with Crippen LogP contribution in [0.5, 0.6) is 0 Å². The number of carbonyl (C=O) groups excluding carboxylic acids is 1. The quantitative estimate of drug-likeness (QED) is 0.680. The summed E-state index contributed by atoms with van der Waals surface area (Å²) in [6.45, 7) is 4.08. The monoisotopic (exact) mass is 298 g/mol. The predicted octanol–water partition coefficient (Wildman–Crippen LogP) is 3.18. The average Bonchev–Trinajstić information content (AvgIpc) is 2.48. The van der Waals surface area contributed by atoms with E-state index in [9.17, 15) is 14.9 Å². The van der Waals surface area contributed by atoms with Crippen molar-refractivity contribution in [3.63, 3.8) is 0 Å². The van der Waals surface area contributed by atoms with E-state index in [0.29, 0.717) is 18.5 Å². The van der Waals surface area contributed by atoms with Crippen LogP contribution in [0.4, 0.5) is 5.69 Å². The standard InChI is InChI=1S/C17H18N2O3/c1-12-6-3-4-8-14(12)10-11-18-17(20)15-9-5-7-13(2)16(15)19(21)22/h3-9H,10-11H2,1-2H3,(H,18,20). The van der Waals surface area contributed by atoms with Crippen LogP contribution in [0.15, 0.2) is 42.5 Å². The Bertz CT molecular complexity index is 711. The number of aryl methyl sites for hydroxylation is 2. The first-order valence-corrected chi connectivity index (χ1v) is 7.07. The first-order chi connectivity index (χ1) is 10.5. The van der Waals surface area contributed by atoms with E-state index < -0.39 is 10.8 Å². The summed E-state index contributed by atoms with van der Waals surface area (Å²) in [4.78, 5) is 22.8. The maximum absolute atomic E-state index is 12.2. The van der Waals surface area contributed by atoms with E-state index in [2.05, 4.69) is 5.32 Å². The summed E-state index contributed by atoms with van der Waals surface area (Å²) in [5, 5.41) is 13.9. The molecule has 5 heteroatoms. The van der Waals surface area contributed by atoms with Crippen LogP contribution in [0.2, 0.25) is 0 Å². The van der Waals surface area contributed by atoms with Crippen molar-refractivity contribution in [3.05, 3.63) is 74.8 Å². The molecule has 2 aromatic rings. The van der Waals surface area contributed by atoms with Crippen LogP contribution in [0.3, 0.4) is 0 Å². The molecular weight excluding hydrogens is 280 g/mol. The minimum absolute atomic E-state index is 0.106. The smallest absolute Gasteiger partial charge is 0.285 e. The molecule has 0 bridgehead atoms. The van der Waals surface area contributed by atoms with E-state index in [4.69, 9.17) is 0 Å². The zero-order chi connectivity index (χ0) is 16.1. The van der Waals surface area contributed by atoms with Crippen molar-refractivity contribution < 1.29 is 9.72 Å². The molecule has 5 nitrogen and oxygen atoms in total. The molecule has 0 aliphatic heterocycles. The second-order valence-corrected chi connectivity index (χ2v) is 5.16. The first kappa shape index (κ1) is 15.7. The van der Waals surface area contributed by atoms with E-state index in [1.807, 2.05) is 31.2 Å². The van der Waals surface area contributed by atoms with Crippen molar-refractivity contribution >= 4 is 11.6 Å². The fourth-order valence-electron chi connectivity index (χ4n) is 2.38. The molecule has 0 aliphatic rings. The van der Waals surface area contributed by atoms with Gasteiger partial charge >= 0.3 is 0 Å². The molecule has 0 radical (unpaired) electrons. The lowest BCUT2D eigenvalue weighted by Gasteiger charge is -2.08. The van der Waals surface area contributed by atoms with Crippen molar-refractivity contribution in [1.82, 2.24) is 5.32 Å². The van der Waals surface area contributed by atoms with Gasteiger partial charge < -0.3 is 5.32 Å². The number of rotatable bonds is 5. The van der Waals surface area contributed by atoms with Crippen LogP contribution in [0, 0.1) is 24.0 Å². The molecule has 2 aromatic carbocycles. The van der Waals surface area contributed by atoms with Crippen molar-refractivity contribution in [2.24, 2.45) is 0 Å². The largest absolute Gasteiger partial charge is 0.351 e. The lowest BCUT2D eigenvalue weighted by molar-refractivity contribution is -0.385. The number of nitro benzene ring substituents is 1. The van der Waals surface area contributed by atoms with Crippen LogP contribution >= 0.6 is 0 Å². The van der Waals surface area contributed by atoms with Crippen LogP contribution < -0.4 is 5.32 Å². The molecule has 0 spiro atoms. The van der Waals surface area contributed by atoms with E-state index in [1.165, 1.54) is 11.6 Å². The van der Waals surface area contributed by atoms with Crippen molar-refractivity contribution in [2.45, 2.75) is 20.3 Å². The van der Waals surface area contributed by atoms with Crippen molar-refractivity contribution in [2.75, 3.05) is 6.54 Å². The second kappa shape index (κ2) is 6.85. The Kier molecular flexibility index (Phi) is 4.88. The Morgan fingerprint density at radius 3 is 2.45 bits per heavy atom. The molecule has 114 valence electrons. The molecule has 22 heavy (non-hydrogen) atoms. The summed E-state index contributed by atoms with van der Waals surface area (Å²) in [5.74, 6) is -0.413. The van der Waals surface area contributed by atoms with E-state index in [1.54, 1.807) is 19.1 Å². The number of nitrogens with zero attached hydrogens (tertiary/aromatic N) is 1. The number of para-hydroxylation sites is 1. The Balaban J connectivity index is 2.06.